The van der Waals surface area contributed by atoms with Crippen molar-refractivity contribution in [3.63, 3.8) is 0 Å². The van der Waals surface area contributed by atoms with Crippen LogP contribution in [0.5, 0.6) is 0 Å². The lowest BCUT2D eigenvalue weighted by molar-refractivity contribution is -0.138. The van der Waals surface area contributed by atoms with Gasteiger partial charge in [-0.15, -0.1) is 0 Å². The van der Waals surface area contributed by atoms with Crippen LogP contribution in [0.25, 0.3) is 0 Å². The molecule has 3 heteroatoms. The fraction of sp³-hybridized carbons (Fsp3) is 0.533. The van der Waals surface area contributed by atoms with Gasteiger partial charge >= 0.3 is 0 Å². The van der Waals surface area contributed by atoms with Gasteiger partial charge in [0, 0.05) is 12.0 Å². The van der Waals surface area contributed by atoms with Crippen molar-refractivity contribution in [1.29, 1.82) is 0 Å². The van der Waals surface area contributed by atoms with E-state index in [1.807, 2.05) is 24.3 Å². The Morgan fingerprint density at radius 2 is 2.11 bits per heavy atom. The molecule has 0 aromatic heterocycles. The topological polar surface area (TPSA) is 38.3 Å². The van der Waals surface area contributed by atoms with Gasteiger partial charge in [0.05, 0.1) is 0 Å². The fourth-order valence-corrected chi connectivity index (χ4v) is 2.43. The van der Waals surface area contributed by atoms with Crippen molar-refractivity contribution in [3.05, 3.63) is 35.4 Å². The highest BCUT2D eigenvalue weighted by Crippen LogP contribution is 2.31. The molecule has 0 heterocycles. The Hall–Kier alpha value is -1.19. The molecule has 1 aliphatic rings. The molecule has 0 amide bonds. The zero-order chi connectivity index (χ0) is 13.2. The van der Waals surface area contributed by atoms with Crippen molar-refractivity contribution in [2.24, 2.45) is 0 Å². The second-order valence-electron chi connectivity index (χ2n) is 5.58. The minimum atomic E-state index is -0.447. The van der Waals surface area contributed by atoms with Crippen LogP contribution in [0.2, 0.25) is 0 Å². The number of hydrogen-bond acceptors (Lipinski definition) is 3. The largest absolute Gasteiger partial charge is 0.296 e. The van der Waals surface area contributed by atoms with E-state index in [0.717, 1.165) is 24.0 Å². The third kappa shape index (κ3) is 2.79. The van der Waals surface area contributed by atoms with E-state index in [9.17, 15) is 4.79 Å². The van der Waals surface area contributed by atoms with E-state index in [2.05, 4.69) is 26.3 Å². The number of benzene rings is 1. The molecule has 0 spiro atoms. The number of fused-ring (bicyclic) bond motifs is 1. The summed E-state index contributed by atoms with van der Waals surface area (Å²) in [7, 11) is 0. The third-order valence-electron chi connectivity index (χ3n) is 3.32. The highest BCUT2D eigenvalue weighted by Gasteiger charge is 2.32. The molecule has 1 unspecified atom stereocenters. The van der Waals surface area contributed by atoms with Crippen LogP contribution in [0.3, 0.4) is 0 Å². The number of rotatable bonds is 5. The maximum Gasteiger partial charge on any atom is 0.172 e. The molecule has 0 saturated carbocycles. The maximum absolute atomic E-state index is 11.9. The Labute approximate surface area is 108 Å². The minimum absolute atomic E-state index is 0.105. The number of hydroxylamine groups is 1. The van der Waals surface area contributed by atoms with Crippen molar-refractivity contribution < 1.29 is 9.63 Å². The zero-order valence-corrected chi connectivity index (χ0v) is 11.3. The Morgan fingerprint density at radius 3 is 2.83 bits per heavy atom. The number of carbonyl (C=O) groups excluding carboxylic acids is 1. The number of nitrogens with one attached hydrogen (secondary N) is 1. The van der Waals surface area contributed by atoms with Crippen LogP contribution in [0.1, 0.15) is 50.8 Å². The molecule has 2 rings (SSSR count). The first-order valence-corrected chi connectivity index (χ1v) is 6.57. The highest BCUT2D eigenvalue weighted by molar-refractivity contribution is 5.91. The van der Waals surface area contributed by atoms with E-state index in [-0.39, 0.29) is 11.3 Å². The van der Waals surface area contributed by atoms with Gasteiger partial charge < -0.3 is 0 Å². The first-order valence-electron chi connectivity index (χ1n) is 6.57. The first kappa shape index (κ1) is 13.2. The zero-order valence-electron chi connectivity index (χ0n) is 11.3. The van der Waals surface area contributed by atoms with Crippen LogP contribution >= 0.6 is 0 Å². The van der Waals surface area contributed by atoms with Gasteiger partial charge in [-0.2, -0.15) is 5.48 Å². The monoisotopic (exact) mass is 247 g/mol. The highest BCUT2D eigenvalue weighted by atomic mass is 16.7. The summed E-state index contributed by atoms with van der Waals surface area (Å²) in [6, 6.07) is 7.88. The molecule has 3 nitrogen and oxygen atoms in total. The quantitative estimate of drug-likeness (QED) is 0.813. The summed E-state index contributed by atoms with van der Waals surface area (Å²) >= 11 is 0. The summed E-state index contributed by atoms with van der Waals surface area (Å²) in [5.74, 6) is 0.135. The van der Waals surface area contributed by atoms with E-state index in [4.69, 9.17) is 4.84 Å². The molecule has 18 heavy (non-hydrogen) atoms. The maximum atomic E-state index is 11.9. The molecule has 1 N–H and O–H groups in total. The molecule has 0 aliphatic heterocycles. The van der Waals surface area contributed by atoms with Gasteiger partial charge in [0.1, 0.15) is 0 Å². The number of Topliss-reactive ketones (excluding diaryl/α,β-unsaturated/α-hetero) is 1. The standard InChI is InChI=1S/C15H21NO2/c1-4-9-15(2,3)16-18-14-12-8-6-5-7-11(12)10-13(14)17/h5-8,14,16H,4,9-10H2,1-3H3. The van der Waals surface area contributed by atoms with Crippen LogP contribution < -0.4 is 5.48 Å². The SMILES string of the molecule is CCCC(C)(C)NOC1C(=O)Cc2ccccc21. The molecule has 1 aliphatic carbocycles. The number of ketones is 1. The average Bonchev–Trinajstić information content (AvgIpc) is 2.62. The van der Waals surface area contributed by atoms with Crippen LogP contribution in [0.15, 0.2) is 24.3 Å². The molecule has 0 bridgehead atoms. The molecular weight excluding hydrogens is 226 g/mol. The lowest BCUT2D eigenvalue weighted by Crippen LogP contribution is -2.40. The van der Waals surface area contributed by atoms with Crippen molar-refractivity contribution in [2.45, 2.75) is 51.7 Å². The lowest BCUT2D eigenvalue weighted by Gasteiger charge is -2.27. The summed E-state index contributed by atoms with van der Waals surface area (Å²) < 4.78 is 0. The molecule has 0 fully saturated rings. The van der Waals surface area contributed by atoms with E-state index in [0.29, 0.717) is 6.42 Å². The Bertz CT molecular complexity index is 440. The van der Waals surface area contributed by atoms with Gasteiger partial charge in [0.15, 0.2) is 11.9 Å². The van der Waals surface area contributed by atoms with Gasteiger partial charge in [-0.05, 0) is 31.4 Å². The summed E-state index contributed by atoms with van der Waals surface area (Å²) in [5, 5.41) is 0. The summed E-state index contributed by atoms with van der Waals surface area (Å²) in [6.07, 6.45) is 2.13. The molecule has 1 aromatic rings. The summed E-state index contributed by atoms with van der Waals surface area (Å²) in [4.78, 5) is 17.6. The lowest BCUT2D eigenvalue weighted by atomic mass is 10.0. The Morgan fingerprint density at radius 1 is 1.39 bits per heavy atom. The van der Waals surface area contributed by atoms with Crippen molar-refractivity contribution >= 4 is 5.78 Å². The predicted molar refractivity (Wildman–Crippen MR) is 71.1 cm³/mol. The fourth-order valence-electron chi connectivity index (χ4n) is 2.43. The summed E-state index contributed by atoms with van der Waals surface area (Å²) in [5.41, 5.74) is 5.04. The minimum Gasteiger partial charge on any atom is -0.296 e. The van der Waals surface area contributed by atoms with Crippen molar-refractivity contribution in [1.82, 2.24) is 5.48 Å². The van der Waals surface area contributed by atoms with E-state index in [1.54, 1.807) is 0 Å². The van der Waals surface area contributed by atoms with Crippen molar-refractivity contribution in [3.8, 4) is 0 Å². The predicted octanol–water partition coefficient (Wildman–Crippen LogP) is 2.95. The third-order valence-corrected chi connectivity index (χ3v) is 3.32. The van der Waals surface area contributed by atoms with Gasteiger partial charge in [0.2, 0.25) is 0 Å². The van der Waals surface area contributed by atoms with Gasteiger partial charge in [0.25, 0.3) is 0 Å². The van der Waals surface area contributed by atoms with Crippen LogP contribution in [0, 0.1) is 0 Å². The molecule has 98 valence electrons. The summed E-state index contributed by atoms with van der Waals surface area (Å²) in [6.45, 7) is 6.31. The van der Waals surface area contributed by atoms with Gasteiger partial charge in [-0.3, -0.25) is 9.63 Å². The Balaban J connectivity index is 2.04. The molecule has 0 radical (unpaired) electrons. The Kier molecular flexibility index (Phi) is 3.83. The second kappa shape index (κ2) is 5.21. The second-order valence-corrected chi connectivity index (χ2v) is 5.58. The van der Waals surface area contributed by atoms with Gasteiger partial charge in [-0.1, -0.05) is 37.6 Å². The molecule has 1 atom stereocenters. The van der Waals surface area contributed by atoms with Crippen LogP contribution in [-0.2, 0) is 16.1 Å². The smallest absolute Gasteiger partial charge is 0.172 e. The van der Waals surface area contributed by atoms with Gasteiger partial charge in [-0.25, -0.2) is 0 Å². The van der Waals surface area contributed by atoms with E-state index in [1.165, 1.54) is 0 Å². The molecular formula is C15H21NO2. The van der Waals surface area contributed by atoms with Crippen LogP contribution in [-0.4, -0.2) is 11.3 Å². The number of carbonyl (C=O) groups is 1. The average molecular weight is 247 g/mol. The van der Waals surface area contributed by atoms with E-state index < -0.39 is 6.10 Å². The van der Waals surface area contributed by atoms with Crippen molar-refractivity contribution in [2.75, 3.05) is 0 Å². The molecule has 1 aromatic carbocycles. The van der Waals surface area contributed by atoms with E-state index >= 15 is 0 Å². The van der Waals surface area contributed by atoms with Crippen LogP contribution in [0.4, 0.5) is 0 Å². The normalized spacial score (nSPS) is 19.1. The molecule has 0 saturated heterocycles. The first-order chi connectivity index (χ1) is 8.53. The number of hydrogen-bond donors (Lipinski definition) is 1.